The average Bonchev–Trinajstić information content (AvgIpc) is 2.87. The molecule has 1 amide bonds. The number of carbonyl (C=O) groups is 1. The molecule has 2 aromatic rings. The highest BCUT2D eigenvalue weighted by molar-refractivity contribution is 8.01. The highest BCUT2D eigenvalue weighted by atomic mass is 32.2. The number of nitrogens with one attached hydrogen (secondary N) is 1. The Kier molecular flexibility index (Phi) is 4.84. The molecule has 2 rings (SSSR count). The smallest absolute Gasteiger partial charge is 0.230 e. The number of aryl methyl sites for hydroxylation is 1. The average molecular weight is 277 g/mol. The second kappa shape index (κ2) is 6.61. The van der Waals surface area contributed by atoms with Gasteiger partial charge in [-0.05, 0) is 23.9 Å². The van der Waals surface area contributed by atoms with Crippen LogP contribution in [0.4, 0.5) is 0 Å². The summed E-state index contributed by atoms with van der Waals surface area (Å²) >= 11 is 3.24. The normalized spacial score (nSPS) is 10.3. The molecule has 0 spiro atoms. The zero-order valence-electron chi connectivity index (χ0n) is 10.2. The van der Waals surface area contributed by atoms with Crippen LogP contribution in [0, 0.1) is 6.92 Å². The van der Waals surface area contributed by atoms with Gasteiger partial charge in [-0.2, -0.15) is 0 Å². The van der Waals surface area contributed by atoms with Crippen molar-refractivity contribution < 1.29 is 4.79 Å². The molecule has 0 saturated heterocycles. The number of carbonyl (C=O) groups excluding carboxylic acids is 1. The van der Waals surface area contributed by atoms with Gasteiger partial charge in [0.15, 0.2) is 0 Å². The van der Waals surface area contributed by atoms with Crippen LogP contribution in [0.15, 0.2) is 46.0 Å². The fourth-order valence-corrected chi connectivity index (χ4v) is 3.17. The molecule has 94 valence electrons. The Hall–Kier alpha value is -1.26. The number of benzene rings is 1. The molecule has 0 aliphatic carbocycles. The molecule has 0 fully saturated rings. The molecule has 1 heterocycles. The first-order valence-electron chi connectivity index (χ1n) is 5.72. The van der Waals surface area contributed by atoms with Gasteiger partial charge in [-0.1, -0.05) is 35.9 Å². The van der Waals surface area contributed by atoms with Gasteiger partial charge in [0.05, 0.1) is 9.96 Å². The lowest BCUT2D eigenvalue weighted by Gasteiger charge is -2.05. The quantitative estimate of drug-likeness (QED) is 0.848. The van der Waals surface area contributed by atoms with Crippen molar-refractivity contribution in [3.05, 3.63) is 52.9 Å². The molecule has 1 aromatic carbocycles. The summed E-state index contributed by atoms with van der Waals surface area (Å²) in [6.07, 6.45) is 0. The topological polar surface area (TPSA) is 29.1 Å². The summed E-state index contributed by atoms with van der Waals surface area (Å²) in [7, 11) is 0. The molecule has 0 atom stereocenters. The Morgan fingerprint density at radius 3 is 2.94 bits per heavy atom. The van der Waals surface area contributed by atoms with Crippen LogP contribution in [0.2, 0.25) is 0 Å². The zero-order valence-corrected chi connectivity index (χ0v) is 11.8. The van der Waals surface area contributed by atoms with Crippen LogP contribution in [-0.4, -0.2) is 11.7 Å². The van der Waals surface area contributed by atoms with Crippen LogP contribution in [-0.2, 0) is 11.3 Å². The lowest BCUT2D eigenvalue weighted by atomic mass is 10.1. The van der Waals surface area contributed by atoms with E-state index in [4.69, 9.17) is 0 Å². The summed E-state index contributed by atoms with van der Waals surface area (Å²) in [5.74, 6) is 0.557. The Bertz CT molecular complexity index is 508. The molecular formula is C14H15NOS2. The molecular weight excluding hydrogens is 262 g/mol. The van der Waals surface area contributed by atoms with E-state index in [-0.39, 0.29) is 5.91 Å². The second-order valence-electron chi connectivity index (χ2n) is 3.99. The monoisotopic (exact) mass is 277 g/mol. The third-order valence-electron chi connectivity index (χ3n) is 2.41. The first-order valence-corrected chi connectivity index (χ1v) is 7.59. The summed E-state index contributed by atoms with van der Waals surface area (Å²) < 4.78 is 1.18. The van der Waals surface area contributed by atoms with Crippen molar-refractivity contribution in [2.24, 2.45) is 0 Å². The van der Waals surface area contributed by atoms with Crippen molar-refractivity contribution in [3.8, 4) is 0 Å². The zero-order chi connectivity index (χ0) is 12.8. The minimum atomic E-state index is 0.0786. The van der Waals surface area contributed by atoms with Gasteiger partial charge in [-0.15, -0.1) is 23.1 Å². The first kappa shape index (κ1) is 13.2. The maximum absolute atomic E-state index is 11.7. The van der Waals surface area contributed by atoms with Crippen LogP contribution in [0.1, 0.15) is 11.1 Å². The van der Waals surface area contributed by atoms with Crippen LogP contribution < -0.4 is 5.32 Å². The van der Waals surface area contributed by atoms with Gasteiger partial charge in [0.25, 0.3) is 0 Å². The molecule has 4 heteroatoms. The van der Waals surface area contributed by atoms with Gasteiger partial charge >= 0.3 is 0 Å². The van der Waals surface area contributed by atoms with E-state index >= 15 is 0 Å². The van der Waals surface area contributed by atoms with E-state index in [0.29, 0.717) is 12.3 Å². The van der Waals surface area contributed by atoms with E-state index in [1.807, 2.05) is 29.6 Å². The summed E-state index contributed by atoms with van der Waals surface area (Å²) in [6.45, 7) is 2.66. The highest BCUT2D eigenvalue weighted by Crippen LogP contribution is 2.22. The molecule has 0 saturated carbocycles. The van der Waals surface area contributed by atoms with Gasteiger partial charge in [-0.25, -0.2) is 0 Å². The van der Waals surface area contributed by atoms with Crippen molar-refractivity contribution in [1.82, 2.24) is 5.32 Å². The maximum atomic E-state index is 11.7. The van der Waals surface area contributed by atoms with Crippen molar-refractivity contribution in [1.29, 1.82) is 0 Å². The molecule has 0 radical (unpaired) electrons. The van der Waals surface area contributed by atoms with Gasteiger partial charge in [0, 0.05) is 6.54 Å². The summed E-state index contributed by atoms with van der Waals surface area (Å²) in [4.78, 5) is 11.7. The summed E-state index contributed by atoms with van der Waals surface area (Å²) in [5, 5.41) is 4.95. The van der Waals surface area contributed by atoms with Gasteiger partial charge in [0.2, 0.25) is 5.91 Å². The van der Waals surface area contributed by atoms with Gasteiger partial charge < -0.3 is 5.32 Å². The first-order chi connectivity index (χ1) is 8.74. The fourth-order valence-electron chi connectivity index (χ4n) is 1.56. The van der Waals surface area contributed by atoms with Crippen LogP contribution in [0.3, 0.4) is 0 Å². The van der Waals surface area contributed by atoms with Crippen molar-refractivity contribution in [2.75, 3.05) is 5.75 Å². The second-order valence-corrected chi connectivity index (χ2v) is 6.21. The molecule has 0 unspecified atom stereocenters. The van der Waals surface area contributed by atoms with Crippen LogP contribution >= 0.6 is 23.1 Å². The molecule has 2 nitrogen and oxygen atoms in total. The molecule has 18 heavy (non-hydrogen) atoms. The van der Waals surface area contributed by atoms with E-state index in [1.165, 1.54) is 9.77 Å². The predicted molar refractivity (Wildman–Crippen MR) is 78.1 cm³/mol. The summed E-state index contributed by atoms with van der Waals surface area (Å²) in [5.41, 5.74) is 2.36. The number of hydrogen-bond acceptors (Lipinski definition) is 3. The van der Waals surface area contributed by atoms with E-state index in [9.17, 15) is 4.79 Å². The van der Waals surface area contributed by atoms with Gasteiger partial charge in [-0.3, -0.25) is 4.79 Å². The molecule has 1 aromatic heterocycles. The minimum absolute atomic E-state index is 0.0786. The number of rotatable bonds is 5. The largest absolute Gasteiger partial charge is 0.351 e. The third-order valence-corrected chi connectivity index (χ3v) is 4.54. The molecule has 0 aliphatic rings. The SMILES string of the molecule is Cc1cccc(CNC(=O)CSc2cccs2)c1. The number of amides is 1. The Labute approximate surface area is 115 Å². The lowest BCUT2D eigenvalue weighted by molar-refractivity contribution is -0.118. The Morgan fingerprint density at radius 1 is 1.33 bits per heavy atom. The van der Waals surface area contributed by atoms with Crippen molar-refractivity contribution >= 4 is 29.0 Å². The van der Waals surface area contributed by atoms with E-state index < -0.39 is 0 Å². The number of thiophene rings is 1. The maximum Gasteiger partial charge on any atom is 0.230 e. The van der Waals surface area contributed by atoms with E-state index in [0.717, 1.165) is 5.56 Å². The fraction of sp³-hybridized carbons (Fsp3) is 0.214. The van der Waals surface area contributed by atoms with Gasteiger partial charge in [0.1, 0.15) is 0 Å². The number of hydrogen-bond donors (Lipinski definition) is 1. The standard InChI is InChI=1S/C14H15NOS2/c1-11-4-2-5-12(8-11)9-15-13(16)10-18-14-6-3-7-17-14/h2-8H,9-10H2,1H3,(H,15,16). The van der Waals surface area contributed by atoms with Crippen LogP contribution in [0.5, 0.6) is 0 Å². The predicted octanol–water partition coefficient (Wildman–Crippen LogP) is 3.47. The molecule has 0 aliphatic heterocycles. The van der Waals surface area contributed by atoms with E-state index in [2.05, 4.69) is 24.4 Å². The van der Waals surface area contributed by atoms with Crippen LogP contribution in [0.25, 0.3) is 0 Å². The lowest BCUT2D eigenvalue weighted by Crippen LogP contribution is -2.24. The summed E-state index contributed by atoms with van der Waals surface area (Å²) in [6, 6.07) is 12.2. The Morgan fingerprint density at radius 2 is 2.22 bits per heavy atom. The van der Waals surface area contributed by atoms with E-state index in [1.54, 1.807) is 23.1 Å². The van der Waals surface area contributed by atoms with Crippen molar-refractivity contribution in [2.45, 2.75) is 17.7 Å². The Balaban J connectivity index is 1.75. The highest BCUT2D eigenvalue weighted by Gasteiger charge is 2.03. The third kappa shape index (κ3) is 4.20. The van der Waals surface area contributed by atoms with Crippen molar-refractivity contribution in [3.63, 3.8) is 0 Å². The number of thioether (sulfide) groups is 1. The molecule has 1 N–H and O–H groups in total. The molecule has 0 bridgehead atoms. The minimum Gasteiger partial charge on any atom is -0.351 e.